The van der Waals surface area contributed by atoms with Crippen molar-refractivity contribution in [2.24, 2.45) is 7.05 Å². The van der Waals surface area contributed by atoms with Crippen molar-refractivity contribution in [2.45, 2.75) is 13.5 Å². The summed E-state index contributed by atoms with van der Waals surface area (Å²) in [7, 11) is 3.24. The summed E-state index contributed by atoms with van der Waals surface area (Å²) in [6.07, 6.45) is 0. The first-order valence-electron chi connectivity index (χ1n) is 10.1. The van der Waals surface area contributed by atoms with Crippen LogP contribution in [0, 0.1) is 6.92 Å². The lowest BCUT2D eigenvalue weighted by Crippen LogP contribution is -2.20. The van der Waals surface area contributed by atoms with Crippen LogP contribution in [-0.2, 0) is 18.4 Å². The molecule has 3 aromatic heterocycles. The third-order valence-electron chi connectivity index (χ3n) is 5.32. The van der Waals surface area contributed by atoms with Gasteiger partial charge >= 0.3 is 5.97 Å². The number of hydrogen-bond donors (Lipinski definition) is 0. The molecule has 2 aromatic carbocycles. The predicted molar refractivity (Wildman–Crippen MR) is 124 cm³/mol. The van der Waals surface area contributed by atoms with Crippen molar-refractivity contribution < 1.29 is 14.3 Å². The average molecular weight is 462 g/mol. The maximum absolute atomic E-state index is 12.7. The van der Waals surface area contributed by atoms with E-state index in [4.69, 9.17) is 9.47 Å². The summed E-state index contributed by atoms with van der Waals surface area (Å²) in [5.74, 6) is 0.967. The fourth-order valence-corrected chi connectivity index (χ4v) is 4.39. The van der Waals surface area contributed by atoms with E-state index in [1.54, 1.807) is 23.9 Å². The summed E-state index contributed by atoms with van der Waals surface area (Å²) in [6.45, 7) is 1.81. The minimum absolute atomic E-state index is 0.115. The topological polar surface area (TPSA) is 101 Å². The second-order valence-corrected chi connectivity index (χ2v) is 8.34. The minimum Gasteiger partial charge on any atom is -0.497 e. The molecule has 166 valence electrons. The molecule has 0 fully saturated rings. The first-order chi connectivity index (χ1) is 16.0. The molecule has 0 amide bonds. The molecule has 0 radical (unpaired) electrons. The van der Waals surface area contributed by atoms with Gasteiger partial charge in [0, 0.05) is 18.0 Å². The van der Waals surface area contributed by atoms with Gasteiger partial charge in [0.15, 0.2) is 18.1 Å². The highest BCUT2D eigenvalue weighted by Crippen LogP contribution is 2.26. The zero-order chi connectivity index (χ0) is 23.1. The van der Waals surface area contributed by atoms with E-state index in [9.17, 15) is 9.59 Å². The molecule has 0 unspecified atom stereocenters. The Labute approximate surface area is 191 Å². The molecule has 0 saturated heterocycles. The summed E-state index contributed by atoms with van der Waals surface area (Å²) in [5, 5.41) is 11.2. The molecule has 0 aliphatic rings. The number of rotatable bonds is 5. The van der Waals surface area contributed by atoms with Crippen LogP contribution in [0.25, 0.3) is 27.3 Å². The Bertz CT molecular complexity index is 1570. The lowest BCUT2D eigenvalue weighted by atomic mass is 10.1. The normalized spacial score (nSPS) is 11.2. The van der Waals surface area contributed by atoms with Crippen LogP contribution in [0.5, 0.6) is 5.75 Å². The first-order valence-corrected chi connectivity index (χ1v) is 10.9. The van der Waals surface area contributed by atoms with E-state index in [0.29, 0.717) is 27.5 Å². The molecule has 0 saturated carbocycles. The third-order valence-corrected chi connectivity index (χ3v) is 6.22. The fraction of sp³-hybridized carbons (Fsp3) is 0.174. The molecular weight excluding hydrogens is 442 g/mol. The molecule has 5 aromatic rings. The fourth-order valence-electron chi connectivity index (χ4n) is 3.59. The van der Waals surface area contributed by atoms with Gasteiger partial charge in [-0.15, -0.1) is 21.5 Å². The Balaban J connectivity index is 1.41. The van der Waals surface area contributed by atoms with Crippen LogP contribution < -0.4 is 10.3 Å². The van der Waals surface area contributed by atoms with Gasteiger partial charge in [0.25, 0.3) is 5.56 Å². The number of nitrogens with zero attached hydrogens (tertiary/aromatic N) is 5. The Morgan fingerprint density at radius 1 is 1.12 bits per heavy atom. The summed E-state index contributed by atoms with van der Waals surface area (Å²) in [4.78, 5) is 29.7. The zero-order valence-corrected chi connectivity index (χ0v) is 18.9. The maximum atomic E-state index is 12.7. The van der Waals surface area contributed by atoms with Gasteiger partial charge < -0.3 is 9.47 Å². The standard InChI is InChI=1S/C23H19N5O4S/c1-13-4-9-18-16(10-13)21(29)27(2)23-26-25-19(28(18)23)11-32-22(30)17-12-33-20(24-17)14-5-7-15(31-3)8-6-14/h4-10,12H,11H2,1-3H3. The highest BCUT2D eigenvalue weighted by atomic mass is 32.1. The average Bonchev–Trinajstić information content (AvgIpc) is 3.49. The smallest absolute Gasteiger partial charge is 0.358 e. The molecule has 33 heavy (non-hydrogen) atoms. The largest absolute Gasteiger partial charge is 0.497 e. The summed E-state index contributed by atoms with van der Waals surface area (Å²) >= 11 is 1.35. The van der Waals surface area contributed by atoms with Gasteiger partial charge in [-0.1, -0.05) is 11.6 Å². The summed E-state index contributed by atoms with van der Waals surface area (Å²) < 4.78 is 13.8. The summed E-state index contributed by atoms with van der Waals surface area (Å²) in [5.41, 5.74) is 2.56. The molecule has 9 nitrogen and oxygen atoms in total. The van der Waals surface area contributed by atoms with Crippen LogP contribution in [0.2, 0.25) is 0 Å². The SMILES string of the molecule is COc1ccc(-c2nc(C(=O)OCc3nnc4n(C)c(=O)c5cc(C)ccc5n34)cs2)cc1. The number of ether oxygens (including phenoxy) is 2. The maximum Gasteiger partial charge on any atom is 0.358 e. The first kappa shape index (κ1) is 20.8. The van der Waals surface area contributed by atoms with E-state index in [0.717, 1.165) is 16.9 Å². The van der Waals surface area contributed by atoms with E-state index < -0.39 is 5.97 Å². The van der Waals surface area contributed by atoms with E-state index in [2.05, 4.69) is 15.2 Å². The highest BCUT2D eigenvalue weighted by molar-refractivity contribution is 7.13. The van der Waals surface area contributed by atoms with Gasteiger partial charge in [-0.3, -0.25) is 13.8 Å². The monoisotopic (exact) mass is 461 g/mol. The molecule has 5 rings (SSSR count). The number of thiazole rings is 1. The van der Waals surface area contributed by atoms with Crippen LogP contribution in [0.4, 0.5) is 0 Å². The van der Waals surface area contributed by atoms with Crippen molar-refractivity contribution in [3.63, 3.8) is 0 Å². The molecule has 0 N–H and O–H groups in total. The van der Waals surface area contributed by atoms with Gasteiger partial charge in [0.05, 0.1) is 18.0 Å². The number of carbonyl (C=O) groups is 1. The quantitative estimate of drug-likeness (QED) is 0.370. The summed E-state index contributed by atoms with van der Waals surface area (Å²) in [6, 6.07) is 13.0. The second kappa shape index (κ2) is 8.14. The van der Waals surface area contributed by atoms with Crippen LogP contribution in [0.15, 0.2) is 52.6 Å². The number of benzene rings is 2. The van der Waals surface area contributed by atoms with Gasteiger partial charge in [-0.2, -0.15) is 0 Å². The highest BCUT2D eigenvalue weighted by Gasteiger charge is 2.18. The van der Waals surface area contributed by atoms with E-state index in [-0.39, 0.29) is 17.9 Å². The minimum atomic E-state index is -0.562. The van der Waals surface area contributed by atoms with Crippen LogP contribution >= 0.6 is 11.3 Å². The van der Waals surface area contributed by atoms with E-state index in [1.165, 1.54) is 15.9 Å². The van der Waals surface area contributed by atoms with Crippen molar-refractivity contribution in [3.05, 3.63) is 75.3 Å². The van der Waals surface area contributed by atoms with Gasteiger partial charge in [0.1, 0.15) is 10.8 Å². The van der Waals surface area contributed by atoms with Crippen molar-refractivity contribution in [2.75, 3.05) is 7.11 Å². The molecule has 0 aliphatic heterocycles. The van der Waals surface area contributed by atoms with Gasteiger partial charge in [-0.05, 0) is 43.3 Å². The number of aryl methyl sites for hydroxylation is 2. The van der Waals surface area contributed by atoms with E-state index >= 15 is 0 Å². The zero-order valence-electron chi connectivity index (χ0n) is 18.1. The number of fused-ring (bicyclic) bond motifs is 3. The molecule has 3 heterocycles. The molecule has 0 bridgehead atoms. The number of methoxy groups -OCH3 is 1. The molecule has 0 aliphatic carbocycles. The Hall–Kier alpha value is -4.05. The Morgan fingerprint density at radius 2 is 1.91 bits per heavy atom. The lowest BCUT2D eigenvalue weighted by molar-refractivity contribution is 0.0455. The number of hydrogen-bond acceptors (Lipinski definition) is 8. The van der Waals surface area contributed by atoms with E-state index in [1.807, 2.05) is 49.4 Å². The van der Waals surface area contributed by atoms with Crippen molar-refractivity contribution in [3.8, 4) is 16.3 Å². The number of esters is 1. The molecule has 10 heteroatoms. The Morgan fingerprint density at radius 3 is 2.67 bits per heavy atom. The van der Waals surface area contributed by atoms with Crippen molar-refractivity contribution >= 4 is 34.0 Å². The lowest BCUT2D eigenvalue weighted by Gasteiger charge is -2.08. The molecule has 0 atom stereocenters. The predicted octanol–water partition coefficient (Wildman–Crippen LogP) is 3.38. The number of aromatic nitrogens is 5. The van der Waals surface area contributed by atoms with Crippen LogP contribution in [-0.4, -0.2) is 37.2 Å². The van der Waals surface area contributed by atoms with Crippen molar-refractivity contribution in [1.82, 2.24) is 24.1 Å². The number of carbonyl (C=O) groups excluding carboxylic acids is 1. The van der Waals surface area contributed by atoms with Crippen LogP contribution in [0.3, 0.4) is 0 Å². The van der Waals surface area contributed by atoms with Gasteiger partial charge in [0.2, 0.25) is 5.78 Å². The molecular formula is C23H19N5O4S. The van der Waals surface area contributed by atoms with Gasteiger partial charge in [-0.25, -0.2) is 9.78 Å². The third kappa shape index (κ3) is 3.64. The molecule has 0 spiro atoms. The van der Waals surface area contributed by atoms with Crippen molar-refractivity contribution in [1.29, 1.82) is 0 Å². The Kier molecular flexibility index (Phi) is 5.14. The van der Waals surface area contributed by atoms with Crippen LogP contribution in [0.1, 0.15) is 21.9 Å². The second-order valence-electron chi connectivity index (χ2n) is 7.48.